The van der Waals surface area contributed by atoms with E-state index in [0.717, 1.165) is 0 Å². The molecule has 10 heteroatoms. The van der Waals surface area contributed by atoms with Gasteiger partial charge in [0.15, 0.2) is 0 Å². The molecule has 0 aliphatic heterocycles. The van der Waals surface area contributed by atoms with E-state index in [-0.39, 0.29) is 30.9 Å². The summed E-state index contributed by atoms with van der Waals surface area (Å²) in [4.78, 5) is 47.3. The Morgan fingerprint density at radius 1 is 1.03 bits per heavy atom. The SMILES string of the molecule is CC(C)[C@H](NC(=O)[C@H](Cc1ccc(O)cc1)NC(=O)[C@@H](N)CCC(N)=O)C(=O)O. The van der Waals surface area contributed by atoms with Gasteiger partial charge in [0.05, 0.1) is 6.04 Å². The molecule has 8 N–H and O–H groups in total. The van der Waals surface area contributed by atoms with Gasteiger partial charge in [-0.15, -0.1) is 0 Å². The van der Waals surface area contributed by atoms with Gasteiger partial charge in [0.25, 0.3) is 0 Å². The average molecular weight is 408 g/mol. The van der Waals surface area contributed by atoms with Crippen molar-refractivity contribution in [2.75, 3.05) is 0 Å². The smallest absolute Gasteiger partial charge is 0.326 e. The fraction of sp³-hybridized carbons (Fsp3) is 0.474. The lowest BCUT2D eigenvalue weighted by atomic mass is 10.0. The van der Waals surface area contributed by atoms with Gasteiger partial charge in [-0.3, -0.25) is 14.4 Å². The predicted octanol–water partition coefficient (Wildman–Crippen LogP) is -0.762. The normalized spacial score (nSPS) is 13.9. The van der Waals surface area contributed by atoms with Crippen molar-refractivity contribution in [3.05, 3.63) is 29.8 Å². The molecule has 160 valence electrons. The maximum absolute atomic E-state index is 12.7. The summed E-state index contributed by atoms with van der Waals surface area (Å²) in [7, 11) is 0. The first-order chi connectivity index (χ1) is 13.5. The molecular formula is C19H28N4O6. The third-order valence-electron chi connectivity index (χ3n) is 4.28. The molecule has 0 aliphatic carbocycles. The summed E-state index contributed by atoms with van der Waals surface area (Å²) in [6.45, 7) is 3.29. The second-order valence-electron chi connectivity index (χ2n) is 7.11. The second kappa shape index (κ2) is 11.0. The summed E-state index contributed by atoms with van der Waals surface area (Å²) in [5.41, 5.74) is 11.4. The van der Waals surface area contributed by atoms with Gasteiger partial charge in [-0.05, 0) is 30.0 Å². The fourth-order valence-electron chi connectivity index (χ4n) is 2.55. The van der Waals surface area contributed by atoms with E-state index in [4.69, 9.17) is 11.5 Å². The number of aliphatic carboxylic acids is 1. The first kappa shape index (κ1) is 23.9. The molecule has 0 aliphatic rings. The second-order valence-corrected chi connectivity index (χ2v) is 7.11. The lowest BCUT2D eigenvalue weighted by Crippen LogP contribution is -2.56. The Morgan fingerprint density at radius 3 is 2.10 bits per heavy atom. The number of carbonyl (C=O) groups excluding carboxylic acids is 3. The summed E-state index contributed by atoms with van der Waals surface area (Å²) in [5, 5.41) is 23.6. The zero-order chi connectivity index (χ0) is 22.1. The Labute approximate surface area is 168 Å². The van der Waals surface area contributed by atoms with Crippen molar-refractivity contribution in [3.63, 3.8) is 0 Å². The van der Waals surface area contributed by atoms with Gasteiger partial charge in [-0.2, -0.15) is 0 Å². The number of nitrogens with one attached hydrogen (secondary N) is 2. The quantitative estimate of drug-likeness (QED) is 0.278. The number of nitrogens with two attached hydrogens (primary N) is 2. The van der Waals surface area contributed by atoms with Gasteiger partial charge in [-0.1, -0.05) is 26.0 Å². The van der Waals surface area contributed by atoms with Crippen molar-refractivity contribution < 1.29 is 29.4 Å². The average Bonchev–Trinajstić information content (AvgIpc) is 2.64. The maximum Gasteiger partial charge on any atom is 0.326 e. The van der Waals surface area contributed by atoms with E-state index in [1.165, 1.54) is 12.1 Å². The predicted molar refractivity (Wildman–Crippen MR) is 105 cm³/mol. The van der Waals surface area contributed by atoms with E-state index in [2.05, 4.69) is 10.6 Å². The van der Waals surface area contributed by atoms with Crippen LogP contribution >= 0.6 is 0 Å². The van der Waals surface area contributed by atoms with E-state index >= 15 is 0 Å². The number of rotatable bonds is 11. The van der Waals surface area contributed by atoms with Crippen LogP contribution in [-0.4, -0.2) is 52.0 Å². The highest BCUT2D eigenvalue weighted by molar-refractivity contribution is 5.92. The molecule has 0 fully saturated rings. The van der Waals surface area contributed by atoms with Crippen LogP contribution in [-0.2, 0) is 25.6 Å². The van der Waals surface area contributed by atoms with E-state index < -0.39 is 41.8 Å². The van der Waals surface area contributed by atoms with E-state index in [0.29, 0.717) is 5.56 Å². The van der Waals surface area contributed by atoms with Crippen LogP contribution in [0.4, 0.5) is 0 Å². The zero-order valence-corrected chi connectivity index (χ0v) is 16.4. The van der Waals surface area contributed by atoms with Crippen LogP contribution in [0.15, 0.2) is 24.3 Å². The Hall–Kier alpha value is -3.14. The molecular weight excluding hydrogens is 380 g/mol. The monoisotopic (exact) mass is 408 g/mol. The lowest BCUT2D eigenvalue weighted by Gasteiger charge is -2.24. The van der Waals surface area contributed by atoms with Gasteiger partial charge in [-0.25, -0.2) is 4.79 Å². The molecule has 0 saturated heterocycles. The van der Waals surface area contributed by atoms with Crippen LogP contribution in [0.25, 0.3) is 0 Å². The van der Waals surface area contributed by atoms with Crippen molar-refractivity contribution in [3.8, 4) is 5.75 Å². The number of phenolic OH excluding ortho intramolecular Hbond substituents is 1. The highest BCUT2D eigenvalue weighted by Gasteiger charge is 2.29. The Kier molecular flexibility index (Phi) is 9.07. The van der Waals surface area contributed by atoms with Crippen molar-refractivity contribution >= 4 is 23.7 Å². The standard InChI is InChI=1S/C19H28N4O6/c1-10(2)16(19(28)29)23-18(27)14(9-11-3-5-12(24)6-4-11)22-17(26)13(20)7-8-15(21)25/h3-6,10,13-14,16,24H,7-9,20H2,1-2H3,(H2,21,25)(H,22,26)(H,23,27)(H,28,29)/t13-,14-,16-/m0/s1. The summed E-state index contributed by atoms with van der Waals surface area (Å²) in [6.07, 6.45) is -0.0267. The molecule has 0 saturated carbocycles. The van der Waals surface area contributed by atoms with Gasteiger partial charge in [0, 0.05) is 12.8 Å². The van der Waals surface area contributed by atoms with Gasteiger partial charge in [0.2, 0.25) is 17.7 Å². The number of phenols is 1. The van der Waals surface area contributed by atoms with E-state index in [9.17, 15) is 29.4 Å². The third kappa shape index (κ3) is 8.18. The Balaban J connectivity index is 2.96. The fourth-order valence-corrected chi connectivity index (χ4v) is 2.55. The highest BCUT2D eigenvalue weighted by Crippen LogP contribution is 2.12. The molecule has 10 nitrogen and oxygen atoms in total. The molecule has 1 aromatic carbocycles. The summed E-state index contributed by atoms with van der Waals surface area (Å²) in [6, 6.07) is 2.71. The molecule has 3 amide bonds. The van der Waals surface area contributed by atoms with Crippen LogP contribution in [0.1, 0.15) is 32.3 Å². The third-order valence-corrected chi connectivity index (χ3v) is 4.28. The minimum atomic E-state index is -1.19. The van der Waals surface area contributed by atoms with Gasteiger partial charge in [0.1, 0.15) is 17.8 Å². The summed E-state index contributed by atoms with van der Waals surface area (Å²) < 4.78 is 0. The first-order valence-corrected chi connectivity index (χ1v) is 9.16. The minimum Gasteiger partial charge on any atom is -0.508 e. The Morgan fingerprint density at radius 2 is 1.62 bits per heavy atom. The van der Waals surface area contributed by atoms with Crippen molar-refractivity contribution in [2.45, 2.75) is 51.2 Å². The molecule has 0 spiro atoms. The van der Waals surface area contributed by atoms with Crippen LogP contribution in [0.5, 0.6) is 5.75 Å². The number of benzene rings is 1. The Bertz CT molecular complexity index is 735. The van der Waals surface area contributed by atoms with Gasteiger partial charge >= 0.3 is 5.97 Å². The number of aromatic hydroxyl groups is 1. The number of carboxylic acids is 1. The van der Waals surface area contributed by atoms with Crippen LogP contribution in [0, 0.1) is 5.92 Å². The number of carboxylic acid groups (broad SMARTS) is 1. The number of primary amides is 1. The van der Waals surface area contributed by atoms with Crippen molar-refractivity contribution in [2.24, 2.45) is 17.4 Å². The first-order valence-electron chi connectivity index (χ1n) is 9.16. The topological polar surface area (TPSA) is 185 Å². The van der Waals surface area contributed by atoms with Gasteiger partial charge < -0.3 is 32.3 Å². The van der Waals surface area contributed by atoms with Crippen LogP contribution < -0.4 is 22.1 Å². The molecule has 0 radical (unpaired) electrons. The number of amides is 3. The molecule has 1 aromatic rings. The minimum absolute atomic E-state index is 0.0124. The summed E-state index contributed by atoms with van der Waals surface area (Å²) in [5.74, 6) is -3.48. The number of hydrogen-bond acceptors (Lipinski definition) is 6. The van der Waals surface area contributed by atoms with Crippen molar-refractivity contribution in [1.29, 1.82) is 0 Å². The molecule has 0 bridgehead atoms. The van der Waals surface area contributed by atoms with Crippen LogP contribution in [0.3, 0.4) is 0 Å². The molecule has 0 aromatic heterocycles. The maximum atomic E-state index is 12.7. The molecule has 0 heterocycles. The molecule has 0 unspecified atom stereocenters. The molecule has 3 atom stereocenters. The molecule has 29 heavy (non-hydrogen) atoms. The van der Waals surface area contributed by atoms with E-state index in [1.807, 2.05) is 0 Å². The van der Waals surface area contributed by atoms with Crippen LogP contribution in [0.2, 0.25) is 0 Å². The van der Waals surface area contributed by atoms with Crippen molar-refractivity contribution in [1.82, 2.24) is 10.6 Å². The summed E-state index contributed by atoms with van der Waals surface area (Å²) >= 11 is 0. The van der Waals surface area contributed by atoms with E-state index in [1.54, 1.807) is 26.0 Å². The number of carbonyl (C=O) groups is 4. The zero-order valence-electron chi connectivity index (χ0n) is 16.4. The molecule has 1 rings (SSSR count). The highest BCUT2D eigenvalue weighted by atomic mass is 16.4. The number of hydrogen-bond donors (Lipinski definition) is 6. The lowest BCUT2D eigenvalue weighted by molar-refractivity contribution is -0.143. The largest absolute Gasteiger partial charge is 0.508 e.